The van der Waals surface area contributed by atoms with E-state index in [4.69, 9.17) is 10.2 Å². The van der Waals surface area contributed by atoms with Gasteiger partial charge in [0, 0.05) is 11.5 Å². The van der Waals surface area contributed by atoms with Crippen molar-refractivity contribution >= 4 is 27.8 Å². The molecule has 0 spiro atoms. The Morgan fingerprint density at radius 2 is 1.48 bits per heavy atom. The summed E-state index contributed by atoms with van der Waals surface area (Å²) >= 11 is 0. The monoisotopic (exact) mass is 395 g/mol. The van der Waals surface area contributed by atoms with Gasteiger partial charge >= 0.3 is 63.3 Å². The van der Waals surface area contributed by atoms with Crippen LogP contribution in [0.4, 0.5) is 0 Å². The summed E-state index contributed by atoms with van der Waals surface area (Å²) in [5.74, 6) is -4.97. The normalized spacial score (nSPS) is 23.3. The summed E-state index contributed by atoms with van der Waals surface area (Å²) in [7, 11) is -4.51. The van der Waals surface area contributed by atoms with Gasteiger partial charge in [-0.25, -0.2) is 4.79 Å². The molecule has 0 bridgehead atoms. The summed E-state index contributed by atoms with van der Waals surface area (Å²) in [5.41, 5.74) is 0.0367. The van der Waals surface area contributed by atoms with E-state index in [1.54, 1.807) is 0 Å². The fourth-order valence-corrected chi connectivity index (χ4v) is 4.07. The molecule has 0 radical (unpaired) electrons. The van der Waals surface area contributed by atoms with Crippen molar-refractivity contribution in [3.05, 3.63) is 35.4 Å². The Morgan fingerprint density at radius 1 is 0.960 bits per heavy atom. The molecule has 0 amide bonds. The molecule has 0 aromatic heterocycles. The number of aromatic carboxylic acids is 1. The van der Waals surface area contributed by atoms with Crippen LogP contribution in [0.3, 0.4) is 0 Å². The average molecular weight is 395 g/mol. The number of rotatable bonds is 5. The zero-order chi connectivity index (χ0) is 18.1. The third-order valence-corrected chi connectivity index (χ3v) is 5.60. The zero-order valence-electron chi connectivity index (χ0n) is 13.5. The molecule has 0 saturated heterocycles. The van der Waals surface area contributed by atoms with Crippen molar-refractivity contribution in [3.8, 4) is 0 Å². The van der Waals surface area contributed by atoms with Crippen LogP contribution in [-0.4, -0.2) is 46.2 Å². The fourth-order valence-electron chi connectivity index (χ4n) is 2.99. The molecule has 1 aromatic carbocycles. The van der Waals surface area contributed by atoms with Crippen LogP contribution in [0.5, 0.6) is 0 Å². The Labute approximate surface area is 186 Å². The number of aliphatic carboxylic acids is 1. The van der Waals surface area contributed by atoms with Gasteiger partial charge < -0.3 is 10.2 Å². The van der Waals surface area contributed by atoms with Crippen LogP contribution in [0, 0.1) is 11.8 Å². The molecule has 1 aromatic rings. The minimum absolute atomic E-state index is 0. The number of carboxylic acids is 2. The van der Waals surface area contributed by atoms with Crippen LogP contribution in [0.2, 0.25) is 0 Å². The molecule has 3 atom stereocenters. The number of Topliss-reactive ketones (excluding diaryl/α,β-unsaturated/α-hetero) is 1. The van der Waals surface area contributed by atoms with Crippen LogP contribution in [0.15, 0.2) is 24.3 Å². The van der Waals surface area contributed by atoms with Crippen molar-refractivity contribution in [2.75, 3.05) is 0 Å². The summed E-state index contributed by atoms with van der Waals surface area (Å²) in [5, 5.41) is 16.6. The first-order valence-corrected chi connectivity index (χ1v) is 8.68. The smallest absolute Gasteiger partial charge is 0.481 e. The van der Waals surface area contributed by atoms with Crippen LogP contribution in [0.1, 0.15) is 40.0 Å². The number of carboxylic acid groups (broad SMARTS) is 2. The van der Waals surface area contributed by atoms with Crippen LogP contribution < -0.4 is 51.4 Å². The molecule has 8 nitrogen and oxygen atoms in total. The zero-order valence-corrected chi connectivity index (χ0v) is 17.4. The molecule has 3 N–H and O–H groups in total. The van der Waals surface area contributed by atoms with Crippen molar-refractivity contribution in [2.45, 2.75) is 24.5 Å². The summed E-state index contributed by atoms with van der Waals surface area (Å²) in [4.78, 5) is 34.6. The number of hydrogen-bond acceptors (Lipinski definition) is 5. The number of hydrogen-bond donors (Lipinski definition) is 3. The second-order valence-electron chi connectivity index (χ2n) is 5.75. The first kappa shape index (κ1) is 22.4. The first-order valence-electron chi connectivity index (χ1n) is 7.18. The van der Waals surface area contributed by atoms with Gasteiger partial charge in [-0.1, -0.05) is 12.1 Å². The van der Waals surface area contributed by atoms with Gasteiger partial charge in [-0.15, -0.1) is 0 Å². The quantitative estimate of drug-likeness (QED) is 0.305. The molecule has 1 aliphatic carbocycles. The SMILES string of the molecule is O=C(O)c1ccc(C(=O)C2CC(C(=O)O)CCC2S(=O)(=O)O)cc1.[K+]. The Morgan fingerprint density at radius 3 is 1.92 bits per heavy atom. The Hall–Kier alpha value is -0.624. The number of carbonyl (C=O) groups excluding carboxylic acids is 1. The molecular weight excluding hydrogens is 379 g/mol. The van der Waals surface area contributed by atoms with Crippen LogP contribution >= 0.6 is 0 Å². The van der Waals surface area contributed by atoms with E-state index in [0.29, 0.717) is 0 Å². The maximum atomic E-state index is 12.6. The average Bonchev–Trinajstić information content (AvgIpc) is 2.52. The van der Waals surface area contributed by atoms with Gasteiger partial charge in [0.25, 0.3) is 10.1 Å². The maximum Gasteiger partial charge on any atom is 1.00 e. The molecule has 25 heavy (non-hydrogen) atoms. The van der Waals surface area contributed by atoms with Crippen LogP contribution in [0.25, 0.3) is 0 Å². The van der Waals surface area contributed by atoms with Crippen molar-refractivity contribution < 1.29 is 89.0 Å². The Balaban J connectivity index is 0.00000312. The second kappa shape index (κ2) is 8.85. The largest absolute Gasteiger partial charge is 1.00 e. The van der Waals surface area contributed by atoms with Crippen molar-refractivity contribution in [1.29, 1.82) is 0 Å². The fraction of sp³-hybridized carbons (Fsp3) is 0.400. The van der Waals surface area contributed by atoms with Crippen molar-refractivity contribution in [3.63, 3.8) is 0 Å². The maximum absolute atomic E-state index is 12.6. The Kier molecular flexibility index (Phi) is 7.93. The standard InChI is InChI=1S/C15H16O8S.K/c16-13(8-1-3-9(4-2-8)14(17)18)11-7-10(15(19)20)5-6-12(11)24(21,22)23;/h1-4,10-12H,5-7H2,(H,17,18)(H,19,20)(H,21,22,23);/q;+1. The second-order valence-corrected chi connectivity index (χ2v) is 7.39. The van der Waals surface area contributed by atoms with Gasteiger partial charge in [0.1, 0.15) is 0 Å². The van der Waals surface area contributed by atoms with Crippen molar-refractivity contribution in [2.24, 2.45) is 11.8 Å². The van der Waals surface area contributed by atoms with Gasteiger partial charge in [0.2, 0.25) is 0 Å². The van der Waals surface area contributed by atoms with E-state index in [1.165, 1.54) is 24.3 Å². The number of ketones is 1. The first-order chi connectivity index (χ1) is 11.1. The predicted molar refractivity (Wildman–Crippen MR) is 81.5 cm³/mol. The van der Waals surface area contributed by atoms with Gasteiger partial charge in [-0.3, -0.25) is 14.1 Å². The molecule has 10 heteroatoms. The van der Waals surface area contributed by atoms with E-state index >= 15 is 0 Å². The van der Waals surface area contributed by atoms with E-state index in [0.717, 1.165) is 0 Å². The van der Waals surface area contributed by atoms with E-state index in [9.17, 15) is 27.4 Å². The summed E-state index contributed by atoms with van der Waals surface area (Å²) in [6.07, 6.45) is -0.264. The number of carbonyl (C=O) groups is 3. The van der Waals surface area contributed by atoms with E-state index in [2.05, 4.69) is 0 Å². The van der Waals surface area contributed by atoms with Gasteiger partial charge in [-0.05, 0) is 31.4 Å². The van der Waals surface area contributed by atoms with E-state index < -0.39 is 44.9 Å². The third kappa shape index (κ3) is 5.42. The molecule has 2 rings (SSSR count). The molecule has 0 aliphatic heterocycles. The molecule has 1 saturated carbocycles. The van der Waals surface area contributed by atoms with Gasteiger partial charge in [-0.2, -0.15) is 8.42 Å². The van der Waals surface area contributed by atoms with Gasteiger partial charge in [0.05, 0.1) is 16.7 Å². The van der Waals surface area contributed by atoms with E-state index in [-0.39, 0.29) is 81.8 Å². The molecular formula is C15H16KO8S+. The topological polar surface area (TPSA) is 146 Å². The molecule has 0 heterocycles. The van der Waals surface area contributed by atoms with Crippen molar-refractivity contribution in [1.82, 2.24) is 0 Å². The molecule has 3 unspecified atom stereocenters. The minimum atomic E-state index is -4.51. The molecule has 1 fully saturated rings. The van der Waals surface area contributed by atoms with E-state index in [1.807, 2.05) is 0 Å². The predicted octanol–water partition coefficient (Wildman–Crippen LogP) is -1.67. The summed E-state index contributed by atoms with van der Waals surface area (Å²) in [6, 6.07) is 4.90. The minimum Gasteiger partial charge on any atom is -0.481 e. The molecule has 1 aliphatic rings. The number of benzene rings is 1. The molecule has 130 valence electrons. The summed E-state index contributed by atoms with van der Waals surface area (Å²) < 4.78 is 32.4. The van der Waals surface area contributed by atoms with Crippen LogP contribution in [-0.2, 0) is 14.9 Å². The Bertz CT molecular complexity index is 771. The summed E-state index contributed by atoms with van der Waals surface area (Å²) in [6.45, 7) is 0. The third-order valence-electron chi connectivity index (χ3n) is 4.27. The van der Waals surface area contributed by atoms with Gasteiger partial charge in [0.15, 0.2) is 5.78 Å².